The second kappa shape index (κ2) is 7.64. The predicted molar refractivity (Wildman–Crippen MR) is 121 cm³/mol. The Bertz CT molecular complexity index is 1070. The minimum atomic E-state index is -0.624. The maximum atomic E-state index is 13.1. The van der Waals surface area contributed by atoms with Crippen LogP contribution in [0, 0.1) is 5.92 Å². The Balaban J connectivity index is 1.77. The van der Waals surface area contributed by atoms with Crippen LogP contribution in [0.1, 0.15) is 65.0 Å². The van der Waals surface area contributed by atoms with E-state index in [1.54, 1.807) is 9.47 Å². The second-order valence-electron chi connectivity index (χ2n) is 10.9. The topological polar surface area (TPSA) is 77.8 Å². The van der Waals surface area contributed by atoms with Gasteiger partial charge in [-0.2, -0.15) is 0 Å². The summed E-state index contributed by atoms with van der Waals surface area (Å²) in [5.74, 6) is -0.259. The second-order valence-corrected chi connectivity index (χ2v) is 10.9. The molecule has 2 aliphatic rings. The predicted octanol–water partition coefficient (Wildman–Crippen LogP) is 4.89. The summed E-state index contributed by atoms with van der Waals surface area (Å²) in [4.78, 5) is 39.4. The summed E-state index contributed by atoms with van der Waals surface area (Å²) in [6.45, 7) is 11.4. The number of ether oxygens (including phenoxy) is 2. The van der Waals surface area contributed by atoms with Crippen molar-refractivity contribution in [2.45, 2.75) is 77.5 Å². The van der Waals surface area contributed by atoms with Crippen LogP contribution in [0.4, 0.5) is 9.59 Å². The van der Waals surface area contributed by atoms with E-state index in [1.807, 2.05) is 65.9 Å². The molecule has 1 aromatic heterocycles. The first kappa shape index (κ1) is 22.4. The van der Waals surface area contributed by atoms with Crippen LogP contribution in [0.5, 0.6) is 0 Å². The zero-order chi connectivity index (χ0) is 23.4. The lowest BCUT2D eigenvalue weighted by Crippen LogP contribution is -2.54. The van der Waals surface area contributed by atoms with Crippen molar-refractivity contribution in [3.63, 3.8) is 0 Å². The zero-order valence-electron chi connectivity index (χ0n) is 19.7. The molecule has 2 heterocycles. The van der Waals surface area contributed by atoms with E-state index in [1.165, 1.54) is 0 Å². The number of rotatable bonds is 1. The molecule has 3 atom stereocenters. The highest BCUT2D eigenvalue weighted by atomic mass is 16.6. The number of aldehydes is 1. The van der Waals surface area contributed by atoms with E-state index in [9.17, 15) is 14.4 Å². The van der Waals surface area contributed by atoms with Gasteiger partial charge in [0.2, 0.25) is 0 Å². The van der Waals surface area contributed by atoms with Crippen LogP contribution in [-0.2, 0) is 20.7 Å². The summed E-state index contributed by atoms with van der Waals surface area (Å²) in [6.07, 6.45) is 3.21. The lowest BCUT2D eigenvalue weighted by Gasteiger charge is -2.45. The van der Waals surface area contributed by atoms with Crippen molar-refractivity contribution in [1.29, 1.82) is 0 Å². The zero-order valence-corrected chi connectivity index (χ0v) is 19.7. The third-order valence-corrected chi connectivity index (χ3v) is 6.03. The van der Waals surface area contributed by atoms with Crippen molar-refractivity contribution in [1.82, 2.24) is 9.47 Å². The first-order valence-corrected chi connectivity index (χ1v) is 11.2. The van der Waals surface area contributed by atoms with Crippen LogP contribution < -0.4 is 0 Å². The first-order valence-electron chi connectivity index (χ1n) is 11.2. The molecule has 1 saturated heterocycles. The highest BCUT2D eigenvalue weighted by Gasteiger charge is 2.44. The summed E-state index contributed by atoms with van der Waals surface area (Å²) in [6, 6.07) is 5.75. The maximum absolute atomic E-state index is 13.1. The van der Waals surface area contributed by atoms with E-state index < -0.39 is 23.4 Å². The van der Waals surface area contributed by atoms with E-state index in [0.717, 1.165) is 28.3 Å². The minimum absolute atomic E-state index is 0.00263. The number of aromatic nitrogens is 1. The van der Waals surface area contributed by atoms with E-state index in [2.05, 4.69) is 0 Å². The van der Waals surface area contributed by atoms with Crippen LogP contribution in [-0.4, -0.2) is 51.7 Å². The van der Waals surface area contributed by atoms with Crippen molar-refractivity contribution in [2.75, 3.05) is 6.54 Å². The van der Waals surface area contributed by atoms with Crippen molar-refractivity contribution < 1.29 is 23.9 Å². The van der Waals surface area contributed by atoms with Gasteiger partial charge in [-0.1, -0.05) is 12.1 Å². The average Bonchev–Trinajstić information content (AvgIpc) is 3.05. The Morgan fingerprint density at radius 3 is 2.31 bits per heavy atom. The average molecular weight is 441 g/mol. The van der Waals surface area contributed by atoms with Crippen LogP contribution in [0.3, 0.4) is 0 Å². The molecule has 7 nitrogen and oxygen atoms in total. The number of hydrogen-bond donors (Lipinski definition) is 0. The monoisotopic (exact) mass is 440 g/mol. The summed E-state index contributed by atoms with van der Waals surface area (Å²) in [5, 5.41) is 1.02. The lowest BCUT2D eigenvalue weighted by molar-refractivity contribution is -0.113. The third-order valence-electron chi connectivity index (χ3n) is 6.03. The van der Waals surface area contributed by atoms with Crippen molar-refractivity contribution in [2.24, 2.45) is 5.92 Å². The number of carbonyl (C=O) groups excluding carboxylic acids is 3. The molecule has 1 aliphatic carbocycles. The SMILES string of the molecule is CC(C)(C)OC(=O)N1C[C@H](C=O)C[C@@H]2c3cccc4c3c(cn4C(=O)OC(C)(C)C)C[C@H]21. The Kier molecular flexibility index (Phi) is 5.34. The van der Waals surface area contributed by atoms with Gasteiger partial charge in [0.05, 0.1) is 5.52 Å². The number of amides is 1. The van der Waals surface area contributed by atoms with Gasteiger partial charge in [0.15, 0.2) is 0 Å². The summed E-state index contributed by atoms with van der Waals surface area (Å²) >= 11 is 0. The molecule has 172 valence electrons. The standard InChI is InChI=1S/C25H32N2O5/c1-24(2,3)31-22(29)26-12-15(14-28)10-18-17-8-7-9-19-21(17)16(11-20(18)26)13-27(19)23(30)32-25(4,5)6/h7-9,13-15,18,20H,10-12H2,1-6H3/t15-,18-,20-/m1/s1. The number of likely N-dealkylation sites (tertiary alicyclic amines) is 1. The molecule has 1 fully saturated rings. The third kappa shape index (κ3) is 4.12. The molecule has 7 heteroatoms. The maximum Gasteiger partial charge on any atom is 0.419 e. The highest BCUT2D eigenvalue weighted by molar-refractivity contribution is 5.95. The summed E-state index contributed by atoms with van der Waals surface area (Å²) < 4.78 is 12.8. The molecule has 1 aliphatic heterocycles. The van der Waals surface area contributed by atoms with Crippen LogP contribution in [0.25, 0.3) is 10.9 Å². The van der Waals surface area contributed by atoms with E-state index in [0.29, 0.717) is 19.4 Å². The van der Waals surface area contributed by atoms with Crippen LogP contribution in [0.15, 0.2) is 24.4 Å². The fourth-order valence-electron chi connectivity index (χ4n) is 4.93. The van der Waals surface area contributed by atoms with Gasteiger partial charge in [0, 0.05) is 36.0 Å². The minimum Gasteiger partial charge on any atom is -0.444 e. The first-order chi connectivity index (χ1) is 14.9. The van der Waals surface area contributed by atoms with Gasteiger partial charge in [-0.25, -0.2) is 9.59 Å². The fraction of sp³-hybridized carbons (Fsp3) is 0.560. The summed E-state index contributed by atoms with van der Waals surface area (Å²) in [7, 11) is 0. The number of piperidine rings is 1. The highest BCUT2D eigenvalue weighted by Crippen LogP contribution is 2.45. The molecule has 0 saturated carbocycles. The Labute approximate surface area is 188 Å². The molecule has 0 spiro atoms. The molecule has 4 rings (SSSR count). The van der Waals surface area contributed by atoms with Gasteiger partial charge in [0.25, 0.3) is 0 Å². The number of fused-ring (bicyclic) bond motifs is 2. The molecule has 1 amide bonds. The molecule has 0 bridgehead atoms. The van der Waals surface area contributed by atoms with E-state index in [-0.39, 0.29) is 17.9 Å². The van der Waals surface area contributed by atoms with E-state index >= 15 is 0 Å². The van der Waals surface area contributed by atoms with Gasteiger partial charge in [0.1, 0.15) is 17.5 Å². The molecule has 2 aromatic rings. The summed E-state index contributed by atoms with van der Waals surface area (Å²) in [5.41, 5.74) is 1.63. The molecular formula is C25H32N2O5. The number of carbonyl (C=O) groups is 3. The van der Waals surface area contributed by atoms with Gasteiger partial charge in [-0.05, 0) is 71.6 Å². The Morgan fingerprint density at radius 2 is 1.69 bits per heavy atom. The van der Waals surface area contributed by atoms with Gasteiger partial charge >= 0.3 is 12.2 Å². The van der Waals surface area contributed by atoms with Gasteiger partial charge in [-0.15, -0.1) is 0 Å². The van der Waals surface area contributed by atoms with E-state index in [4.69, 9.17) is 9.47 Å². The quantitative estimate of drug-likeness (QED) is 0.590. The number of benzene rings is 1. The van der Waals surface area contributed by atoms with Crippen molar-refractivity contribution >= 4 is 29.4 Å². The van der Waals surface area contributed by atoms with Crippen LogP contribution in [0.2, 0.25) is 0 Å². The molecule has 1 aromatic carbocycles. The smallest absolute Gasteiger partial charge is 0.419 e. The van der Waals surface area contributed by atoms with Crippen molar-refractivity contribution in [3.05, 3.63) is 35.5 Å². The number of hydrogen-bond acceptors (Lipinski definition) is 5. The molecule has 0 N–H and O–H groups in total. The fourth-order valence-corrected chi connectivity index (χ4v) is 4.93. The molecule has 0 radical (unpaired) electrons. The normalized spacial score (nSPS) is 22.9. The molecule has 0 unspecified atom stereocenters. The largest absolute Gasteiger partial charge is 0.444 e. The Morgan fingerprint density at radius 1 is 1.03 bits per heavy atom. The van der Waals surface area contributed by atoms with Crippen LogP contribution >= 0.6 is 0 Å². The van der Waals surface area contributed by atoms with Gasteiger partial charge < -0.3 is 19.2 Å². The Hall–Kier alpha value is -2.83. The lowest BCUT2D eigenvalue weighted by atomic mass is 9.72. The van der Waals surface area contributed by atoms with Gasteiger partial charge in [-0.3, -0.25) is 4.57 Å². The molecule has 32 heavy (non-hydrogen) atoms. The van der Waals surface area contributed by atoms with Crippen molar-refractivity contribution in [3.8, 4) is 0 Å². The number of nitrogens with zero attached hydrogens (tertiary/aromatic N) is 2. The molecular weight excluding hydrogens is 408 g/mol.